The van der Waals surface area contributed by atoms with E-state index in [-0.39, 0.29) is 12.1 Å². The van der Waals surface area contributed by atoms with Gasteiger partial charge in [-0.15, -0.1) is 0 Å². The molecule has 32 heavy (non-hydrogen) atoms. The lowest BCUT2D eigenvalue weighted by Crippen LogP contribution is -2.47. The average Bonchev–Trinajstić information content (AvgIpc) is 2.65. The molecule has 0 spiro atoms. The van der Waals surface area contributed by atoms with E-state index in [0.29, 0.717) is 12.5 Å². The van der Waals surface area contributed by atoms with Crippen LogP contribution in [0.25, 0.3) is 0 Å². The standard InChI is InChI=1S/C23H28F4N2O3/c1-22(2,3)32-21(31)29(13-16-9-17(23(25,26)27)12-18(24)10-16)14-20(30)19(28)11-15-7-5-4-6-8-15/h4-10,12,19-20,30H,11,13-14,28H2,1-3H3. The van der Waals surface area contributed by atoms with Crippen LogP contribution < -0.4 is 5.73 Å². The van der Waals surface area contributed by atoms with Crippen molar-refractivity contribution in [2.75, 3.05) is 6.54 Å². The monoisotopic (exact) mass is 456 g/mol. The molecule has 176 valence electrons. The molecule has 0 saturated carbocycles. The van der Waals surface area contributed by atoms with Gasteiger partial charge in [0, 0.05) is 12.6 Å². The fraction of sp³-hybridized carbons (Fsp3) is 0.435. The van der Waals surface area contributed by atoms with Crippen molar-refractivity contribution in [3.63, 3.8) is 0 Å². The topological polar surface area (TPSA) is 75.8 Å². The SMILES string of the molecule is CC(C)(C)OC(=O)N(Cc1cc(F)cc(C(F)(F)F)c1)CC(O)C(N)Cc1ccccc1. The van der Waals surface area contributed by atoms with E-state index in [9.17, 15) is 27.5 Å². The number of amides is 1. The van der Waals surface area contributed by atoms with Crippen LogP contribution in [0.4, 0.5) is 22.4 Å². The second kappa shape index (κ2) is 10.3. The summed E-state index contributed by atoms with van der Waals surface area (Å²) in [5.74, 6) is -1.08. The number of alkyl halides is 3. The van der Waals surface area contributed by atoms with Gasteiger partial charge >= 0.3 is 12.3 Å². The molecule has 0 saturated heterocycles. The van der Waals surface area contributed by atoms with E-state index >= 15 is 0 Å². The Morgan fingerprint density at radius 1 is 1.09 bits per heavy atom. The van der Waals surface area contributed by atoms with Gasteiger partial charge < -0.3 is 20.5 Å². The fourth-order valence-corrected chi connectivity index (χ4v) is 3.04. The molecule has 0 bridgehead atoms. The highest BCUT2D eigenvalue weighted by atomic mass is 19.4. The third kappa shape index (κ3) is 8.12. The maximum atomic E-state index is 13.8. The van der Waals surface area contributed by atoms with Gasteiger partial charge in [0.05, 0.1) is 18.2 Å². The minimum Gasteiger partial charge on any atom is -0.444 e. The van der Waals surface area contributed by atoms with Gasteiger partial charge in [-0.05, 0) is 56.5 Å². The lowest BCUT2D eigenvalue weighted by atomic mass is 10.0. The number of nitrogens with two attached hydrogens (primary N) is 1. The number of ether oxygens (including phenoxy) is 1. The Morgan fingerprint density at radius 3 is 2.28 bits per heavy atom. The van der Waals surface area contributed by atoms with Gasteiger partial charge in [-0.1, -0.05) is 30.3 Å². The Labute approximate surface area is 184 Å². The third-order valence-corrected chi connectivity index (χ3v) is 4.53. The smallest absolute Gasteiger partial charge is 0.416 e. The maximum Gasteiger partial charge on any atom is 0.416 e. The van der Waals surface area contributed by atoms with Crippen LogP contribution in [-0.4, -0.2) is 40.4 Å². The van der Waals surface area contributed by atoms with Gasteiger partial charge in [0.2, 0.25) is 0 Å². The van der Waals surface area contributed by atoms with Gasteiger partial charge in [0.1, 0.15) is 11.4 Å². The molecule has 2 aromatic carbocycles. The molecule has 0 heterocycles. The van der Waals surface area contributed by atoms with Crippen LogP contribution in [0.3, 0.4) is 0 Å². The minimum atomic E-state index is -4.74. The number of aliphatic hydroxyl groups excluding tert-OH is 1. The average molecular weight is 456 g/mol. The number of benzene rings is 2. The number of halogens is 4. The van der Waals surface area contributed by atoms with Crippen molar-refractivity contribution in [1.29, 1.82) is 0 Å². The van der Waals surface area contributed by atoms with Crippen molar-refractivity contribution >= 4 is 6.09 Å². The summed E-state index contributed by atoms with van der Waals surface area (Å²) in [5, 5.41) is 10.6. The van der Waals surface area contributed by atoms with Crippen LogP contribution in [0.5, 0.6) is 0 Å². The largest absolute Gasteiger partial charge is 0.444 e. The van der Waals surface area contributed by atoms with Gasteiger partial charge in [-0.3, -0.25) is 0 Å². The summed E-state index contributed by atoms with van der Waals surface area (Å²) < 4.78 is 58.3. The predicted octanol–water partition coefficient (Wildman–Crippen LogP) is 4.51. The summed E-state index contributed by atoms with van der Waals surface area (Å²) in [5.41, 5.74) is 4.82. The van der Waals surface area contributed by atoms with E-state index in [1.54, 1.807) is 20.8 Å². The van der Waals surface area contributed by atoms with E-state index < -0.39 is 47.9 Å². The molecular weight excluding hydrogens is 428 g/mol. The fourth-order valence-electron chi connectivity index (χ4n) is 3.04. The van der Waals surface area contributed by atoms with Crippen molar-refractivity contribution in [3.05, 3.63) is 71.0 Å². The number of nitrogens with zero attached hydrogens (tertiary/aromatic N) is 1. The molecule has 0 aromatic heterocycles. The van der Waals surface area contributed by atoms with Gasteiger partial charge in [0.25, 0.3) is 0 Å². The zero-order chi connectivity index (χ0) is 24.1. The molecule has 0 aliphatic rings. The van der Waals surface area contributed by atoms with Crippen molar-refractivity contribution in [3.8, 4) is 0 Å². The van der Waals surface area contributed by atoms with E-state index in [2.05, 4.69) is 0 Å². The molecule has 2 unspecified atom stereocenters. The number of aliphatic hydroxyl groups is 1. The molecule has 2 aromatic rings. The molecule has 0 radical (unpaired) electrons. The molecule has 1 amide bonds. The molecule has 9 heteroatoms. The highest BCUT2D eigenvalue weighted by Crippen LogP contribution is 2.31. The van der Waals surface area contributed by atoms with E-state index in [0.717, 1.165) is 22.6 Å². The van der Waals surface area contributed by atoms with Crippen molar-refractivity contribution in [2.45, 2.75) is 57.7 Å². The molecule has 2 rings (SSSR count). The van der Waals surface area contributed by atoms with E-state index in [1.807, 2.05) is 30.3 Å². The molecule has 5 nitrogen and oxygen atoms in total. The van der Waals surface area contributed by atoms with E-state index in [4.69, 9.17) is 10.5 Å². The highest BCUT2D eigenvalue weighted by Gasteiger charge is 2.32. The van der Waals surface area contributed by atoms with E-state index in [1.165, 1.54) is 0 Å². The first kappa shape index (κ1) is 25.6. The molecule has 0 aliphatic heterocycles. The Kier molecular flexibility index (Phi) is 8.25. The minimum absolute atomic E-state index is 0.0907. The van der Waals surface area contributed by atoms with Crippen LogP contribution >= 0.6 is 0 Å². The summed E-state index contributed by atoms with van der Waals surface area (Å²) in [6.07, 6.45) is -6.48. The zero-order valence-corrected chi connectivity index (χ0v) is 18.2. The lowest BCUT2D eigenvalue weighted by Gasteiger charge is -2.30. The molecule has 0 fully saturated rings. The summed E-state index contributed by atoms with van der Waals surface area (Å²) >= 11 is 0. The number of carbonyl (C=O) groups is 1. The predicted molar refractivity (Wildman–Crippen MR) is 112 cm³/mol. The van der Waals surface area contributed by atoms with Crippen molar-refractivity contribution < 1.29 is 32.2 Å². The number of carbonyl (C=O) groups excluding carboxylic acids is 1. The Balaban J connectivity index is 2.23. The number of hydrogen-bond donors (Lipinski definition) is 2. The van der Waals surface area contributed by atoms with Crippen LogP contribution in [0, 0.1) is 5.82 Å². The Hall–Kier alpha value is -2.65. The first-order valence-electron chi connectivity index (χ1n) is 10.1. The highest BCUT2D eigenvalue weighted by molar-refractivity contribution is 5.68. The molecule has 3 N–H and O–H groups in total. The summed E-state index contributed by atoms with van der Waals surface area (Å²) in [7, 11) is 0. The summed E-state index contributed by atoms with van der Waals surface area (Å²) in [6.45, 7) is 4.19. The molecular formula is C23H28F4N2O3. The molecule has 0 aliphatic carbocycles. The summed E-state index contributed by atoms with van der Waals surface area (Å²) in [6, 6.07) is 10.5. The van der Waals surface area contributed by atoms with Crippen molar-refractivity contribution in [1.82, 2.24) is 4.90 Å². The van der Waals surface area contributed by atoms with Gasteiger partial charge in [-0.2, -0.15) is 13.2 Å². The van der Waals surface area contributed by atoms with Crippen molar-refractivity contribution in [2.24, 2.45) is 5.73 Å². The second-order valence-electron chi connectivity index (χ2n) is 8.63. The van der Waals surface area contributed by atoms with Gasteiger partial charge in [-0.25, -0.2) is 9.18 Å². The number of rotatable bonds is 7. The van der Waals surface area contributed by atoms with Crippen LogP contribution in [0.1, 0.15) is 37.5 Å². The van der Waals surface area contributed by atoms with Gasteiger partial charge in [0.15, 0.2) is 0 Å². The normalized spacial score (nSPS) is 14.0. The van der Waals surface area contributed by atoms with Crippen LogP contribution in [0.15, 0.2) is 48.5 Å². The Bertz CT molecular complexity index is 898. The third-order valence-electron chi connectivity index (χ3n) is 4.53. The van der Waals surface area contributed by atoms with Crippen LogP contribution in [0.2, 0.25) is 0 Å². The summed E-state index contributed by atoms with van der Waals surface area (Å²) in [4.78, 5) is 13.7. The first-order valence-corrected chi connectivity index (χ1v) is 10.1. The molecule has 2 atom stereocenters. The first-order chi connectivity index (χ1) is 14.7. The maximum absolute atomic E-state index is 13.8. The Morgan fingerprint density at radius 2 is 1.72 bits per heavy atom. The quantitative estimate of drug-likeness (QED) is 0.601. The number of hydrogen-bond acceptors (Lipinski definition) is 4. The zero-order valence-electron chi connectivity index (χ0n) is 18.2. The second-order valence-corrected chi connectivity index (χ2v) is 8.63. The van der Waals surface area contributed by atoms with Crippen LogP contribution in [-0.2, 0) is 23.9 Å². The lowest BCUT2D eigenvalue weighted by molar-refractivity contribution is -0.137.